The fourth-order valence-corrected chi connectivity index (χ4v) is 4.72. The highest BCUT2D eigenvalue weighted by molar-refractivity contribution is 5.70. The van der Waals surface area contributed by atoms with Crippen molar-refractivity contribution in [2.75, 3.05) is 0 Å². The highest BCUT2D eigenvalue weighted by Gasteiger charge is 2.49. The van der Waals surface area contributed by atoms with Gasteiger partial charge in [-0.3, -0.25) is 0 Å². The van der Waals surface area contributed by atoms with Crippen LogP contribution >= 0.6 is 0 Å². The van der Waals surface area contributed by atoms with Crippen molar-refractivity contribution in [2.45, 2.75) is 43.9 Å². The lowest BCUT2D eigenvalue weighted by Crippen LogP contribution is -2.53. The van der Waals surface area contributed by atoms with E-state index in [1.807, 2.05) is 6.07 Å². The van der Waals surface area contributed by atoms with Crippen LogP contribution in [-0.2, 0) is 0 Å². The second kappa shape index (κ2) is 6.98. The summed E-state index contributed by atoms with van der Waals surface area (Å²) in [5, 5.41) is 30.1. The Hall–Kier alpha value is -3.13. The van der Waals surface area contributed by atoms with Crippen molar-refractivity contribution in [1.82, 2.24) is 30.5 Å². The third kappa shape index (κ3) is 3.17. The minimum absolute atomic E-state index is 0.0358. The Bertz CT molecular complexity index is 1080. The quantitative estimate of drug-likeness (QED) is 0.691. The average molecular weight is 406 g/mol. The van der Waals surface area contributed by atoms with Crippen LogP contribution in [0.15, 0.2) is 49.3 Å². The monoisotopic (exact) mass is 406 g/mol. The number of nitrogens with zero attached hydrogens (tertiary/aromatic N) is 5. The molecule has 30 heavy (non-hydrogen) atoms. The number of alkyl halides is 1. The van der Waals surface area contributed by atoms with Crippen LogP contribution in [0.3, 0.4) is 0 Å². The van der Waals surface area contributed by atoms with E-state index in [9.17, 15) is 9.50 Å². The summed E-state index contributed by atoms with van der Waals surface area (Å²) in [5.41, 5.74) is 3.02. The van der Waals surface area contributed by atoms with Crippen molar-refractivity contribution in [2.24, 2.45) is 5.92 Å². The minimum atomic E-state index is -0.970. The molecule has 1 aromatic carbocycles. The molecule has 0 spiro atoms. The predicted molar refractivity (Wildman–Crippen MR) is 111 cm³/mol. The van der Waals surface area contributed by atoms with E-state index in [1.165, 1.54) is 0 Å². The van der Waals surface area contributed by atoms with Crippen LogP contribution in [0, 0.1) is 5.92 Å². The van der Waals surface area contributed by atoms with Crippen molar-refractivity contribution in [3.63, 3.8) is 0 Å². The van der Waals surface area contributed by atoms with Gasteiger partial charge in [0, 0.05) is 29.1 Å². The summed E-state index contributed by atoms with van der Waals surface area (Å²) in [6, 6.07) is 8.64. The zero-order valence-electron chi connectivity index (χ0n) is 16.7. The lowest BCUT2D eigenvalue weighted by molar-refractivity contribution is 0.135. The third-order valence-electron chi connectivity index (χ3n) is 6.37. The Balaban J connectivity index is 1.38. The molecule has 0 radical (unpaired) electrons. The van der Waals surface area contributed by atoms with E-state index in [4.69, 9.17) is 0 Å². The molecule has 2 aliphatic rings. The summed E-state index contributed by atoms with van der Waals surface area (Å²) in [6.45, 7) is 6.30. The number of fused-ring (bicyclic) bond motifs is 2. The molecule has 0 saturated carbocycles. The van der Waals surface area contributed by atoms with Crippen molar-refractivity contribution in [1.29, 1.82) is 0 Å². The van der Waals surface area contributed by atoms with E-state index in [1.54, 1.807) is 41.3 Å². The predicted octanol–water partition coefficient (Wildman–Crippen LogP) is 3.31. The normalized spacial score (nSPS) is 27.9. The van der Waals surface area contributed by atoms with Gasteiger partial charge in [0.15, 0.2) is 0 Å². The van der Waals surface area contributed by atoms with Gasteiger partial charge in [0.05, 0.1) is 29.5 Å². The largest absolute Gasteiger partial charge is 0.507 e. The van der Waals surface area contributed by atoms with Crippen LogP contribution in [0.1, 0.15) is 31.9 Å². The lowest BCUT2D eigenvalue weighted by Gasteiger charge is -2.39. The summed E-state index contributed by atoms with van der Waals surface area (Å²) in [7, 11) is 0. The van der Waals surface area contributed by atoms with Crippen LogP contribution in [0.5, 0.6) is 5.75 Å². The molecular weight excluding hydrogens is 383 g/mol. The maximum Gasteiger partial charge on any atom is 0.127 e. The first-order valence-electron chi connectivity index (χ1n) is 10.1. The maximum atomic E-state index is 15.0. The summed E-state index contributed by atoms with van der Waals surface area (Å²) in [4.78, 5) is 0. The molecule has 2 bridgehead atoms. The van der Waals surface area contributed by atoms with E-state index < -0.39 is 6.17 Å². The van der Waals surface area contributed by atoms with Gasteiger partial charge in [-0.05, 0) is 56.0 Å². The summed E-state index contributed by atoms with van der Waals surface area (Å²) >= 11 is 0. The number of rotatable bonds is 4. The van der Waals surface area contributed by atoms with Crippen molar-refractivity contribution < 1.29 is 9.50 Å². The van der Waals surface area contributed by atoms with E-state index in [0.29, 0.717) is 34.6 Å². The van der Waals surface area contributed by atoms with E-state index in [2.05, 4.69) is 39.3 Å². The highest BCUT2D eigenvalue weighted by atomic mass is 19.1. The molecule has 2 saturated heterocycles. The van der Waals surface area contributed by atoms with Crippen molar-refractivity contribution >= 4 is 5.57 Å². The van der Waals surface area contributed by atoms with Gasteiger partial charge in [0.1, 0.15) is 11.9 Å². The van der Waals surface area contributed by atoms with Gasteiger partial charge < -0.3 is 10.4 Å². The maximum absolute atomic E-state index is 15.0. The molecule has 8 heteroatoms. The topological polar surface area (TPSA) is 88.8 Å². The Kier molecular flexibility index (Phi) is 4.39. The van der Waals surface area contributed by atoms with Crippen molar-refractivity contribution in [3.8, 4) is 22.7 Å². The smallest absolute Gasteiger partial charge is 0.127 e. The minimum Gasteiger partial charge on any atom is -0.507 e. The molecule has 0 aliphatic carbocycles. The first kappa shape index (κ1) is 18.9. The third-order valence-corrected chi connectivity index (χ3v) is 6.37. The molecule has 2 N–H and O–H groups in total. The molecule has 7 nitrogen and oxygen atoms in total. The first-order valence-corrected chi connectivity index (χ1v) is 10.1. The summed E-state index contributed by atoms with van der Waals surface area (Å²) in [6.07, 6.45) is 4.84. The van der Waals surface area contributed by atoms with Crippen LogP contribution in [0.25, 0.3) is 22.5 Å². The number of aromatic nitrogens is 5. The van der Waals surface area contributed by atoms with Crippen molar-refractivity contribution in [3.05, 3.63) is 55.0 Å². The van der Waals surface area contributed by atoms with E-state index >= 15 is 0 Å². The molecule has 1 unspecified atom stereocenters. The first-order chi connectivity index (χ1) is 14.4. The fourth-order valence-electron chi connectivity index (χ4n) is 4.72. The average Bonchev–Trinajstić information content (AvgIpc) is 3.39. The number of allylic oxidation sites excluding steroid dienone is 1. The van der Waals surface area contributed by atoms with Crippen LogP contribution < -0.4 is 5.32 Å². The molecule has 0 amide bonds. The lowest BCUT2D eigenvalue weighted by atomic mass is 9.78. The number of benzene rings is 1. The van der Waals surface area contributed by atoms with Gasteiger partial charge in [-0.2, -0.15) is 5.10 Å². The molecule has 154 valence electrons. The molecule has 4 heterocycles. The number of hydrogen-bond acceptors (Lipinski definition) is 6. The number of aromatic hydroxyl groups is 1. The molecular formula is C22H23FN6O. The zero-order chi connectivity index (χ0) is 20.9. The molecule has 3 aromatic rings. The SMILES string of the molecule is C=C(c1ccc(-c2ccc(-n3ccnn3)cc2O)nn1)[C@H]1C[C@]2(C)CCC(N2)[C@@H]1F. The van der Waals surface area contributed by atoms with Gasteiger partial charge in [0.2, 0.25) is 0 Å². The molecule has 2 fully saturated rings. The Morgan fingerprint density at radius 3 is 2.87 bits per heavy atom. The standard InChI is InChI=1S/C22H23FN6O/c1-13(16-12-22(2)8-7-19(25-22)21(16)23)17-5-6-18(27-26-17)15-4-3-14(11-20(15)30)29-10-9-24-28-29/h3-6,9-11,16,19,21,25,30H,1,7-8,12H2,2H3/t16-,19?,21-,22+/m1/s1. The molecule has 4 atom stereocenters. The number of nitrogens with one attached hydrogen (secondary N) is 1. The van der Waals surface area contributed by atoms with Gasteiger partial charge in [0.25, 0.3) is 0 Å². The number of phenolic OH excluding ortho intramolecular Hbond substituents is 1. The number of piperidine rings is 1. The molecule has 2 aromatic heterocycles. The van der Waals surface area contributed by atoms with E-state index in [0.717, 1.165) is 12.8 Å². The van der Waals surface area contributed by atoms with Gasteiger partial charge in [-0.25, -0.2) is 9.07 Å². The van der Waals surface area contributed by atoms with Gasteiger partial charge >= 0.3 is 0 Å². The second-order valence-corrected chi connectivity index (χ2v) is 8.48. The Morgan fingerprint density at radius 1 is 1.30 bits per heavy atom. The molecule has 5 rings (SSSR count). The highest BCUT2D eigenvalue weighted by Crippen LogP contribution is 2.44. The number of hydrogen-bond donors (Lipinski definition) is 2. The molecule has 2 aliphatic heterocycles. The Labute approximate surface area is 173 Å². The van der Waals surface area contributed by atoms with E-state index in [-0.39, 0.29) is 23.2 Å². The second-order valence-electron chi connectivity index (χ2n) is 8.48. The summed E-state index contributed by atoms with van der Waals surface area (Å²) < 4.78 is 16.5. The number of phenols is 1. The van der Waals surface area contributed by atoms with Crippen LogP contribution in [0.4, 0.5) is 4.39 Å². The zero-order valence-corrected chi connectivity index (χ0v) is 16.7. The van der Waals surface area contributed by atoms with Crippen LogP contribution in [-0.4, -0.2) is 48.1 Å². The van der Waals surface area contributed by atoms with Gasteiger partial charge in [-0.1, -0.05) is 11.8 Å². The Morgan fingerprint density at radius 2 is 2.17 bits per heavy atom. The van der Waals surface area contributed by atoms with Gasteiger partial charge in [-0.15, -0.1) is 10.2 Å². The number of halogens is 1. The summed E-state index contributed by atoms with van der Waals surface area (Å²) in [5.74, 6) is -0.199. The van der Waals surface area contributed by atoms with Crippen LogP contribution in [0.2, 0.25) is 0 Å². The fraction of sp³-hybridized carbons (Fsp3) is 0.364.